The van der Waals surface area contributed by atoms with Crippen LogP contribution in [0.4, 0.5) is 0 Å². The Morgan fingerprint density at radius 2 is 1.71 bits per heavy atom. The third kappa shape index (κ3) is 5.47. The minimum Gasteiger partial charge on any atom is -0.381 e. The quantitative estimate of drug-likeness (QED) is 0.382. The van der Waals surface area contributed by atoms with E-state index in [2.05, 4.69) is 83.8 Å². The molecule has 0 bridgehead atoms. The Labute approximate surface area is 186 Å². The number of hydrogen-bond donors (Lipinski definition) is 1. The smallest absolute Gasteiger partial charge is 0.193 e. The molecule has 0 unspecified atom stereocenters. The number of nitrogens with one attached hydrogen (secondary N) is 1. The summed E-state index contributed by atoms with van der Waals surface area (Å²) in [6, 6.07) is 19.4. The largest absolute Gasteiger partial charge is 0.381 e. The van der Waals surface area contributed by atoms with E-state index in [1.807, 2.05) is 7.05 Å². The first-order valence-electron chi connectivity index (χ1n) is 9.74. The molecule has 0 amide bonds. The highest BCUT2D eigenvalue weighted by molar-refractivity contribution is 14.0. The predicted octanol–water partition coefficient (Wildman–Crippen LogP) is 4.37. The molecule has 0 radical (unpaired) electrons. The molecule has 2 aromatic carbocycles. The van der Waals surface area contributed by atoms with Crippen LogP contribution in [-0.4, -0.2) is 44.7 Å². The van der Waals surface area contributed by atoms with Gasteiger partial charge < -0.3 is 15.0 Å². The molecule has 0 aliphatic carbocycles. The Morgan fingerprint density at radius 3 is 2.36 bits per heavy atom. The van der Waals surface area contributed by atoms with Crippen molar-refractivity contribution in [2.24, 2.45) is 4.99 Å². The highest BCUT2D eigenvalue weighted by Crippen LogP contribution is 2.34. The van der Waals surface area contributed by atoms with E-state index in [0.29, 0.717) is 0 Å². The summed E-state index contributed by atoms with van der Waals surface area (Å²) in [5, 5.41) is 3.64. The molecule has 3 rings (SSSR count). The zero-order valence-electron chi connectivity index (χ0n) is 17.1. The van der Waals surface area contributed by atoms with Gasteiger partial charge in [-0.25, -0.2) is 0 Å². The number of ether oxygens (including phenoxy) is 1. The van der Waals surface area contributed by atoms with Crippen LogP contribution in [0.1, 0.15) is 29.5 Å². The average molecular weight is 493 g/mol. The third-order valence-electron chi connectivity index (χ3n) is 5.66. The van der Waals surface area contributed by atoms with Gasteiger partial charge >= 0.3 is 0 Å². The molecule has 4 nitrogen and oxygen atoms in total. The Hall–Kier alpha value is -1.60. The van der Waals surface area contributed by atoms with Gasteiger partial charge in [-0.1, -0.05) is 54.6 Å². The van der Waals surface area contributed by atoms with Crippen LogP contribution in [0, 0.1) is 6.92 Å². The number of benzene rings is 2. The Kier molecular flexibility index (Phi) is 8.76. The molecule has 0 aromatic heterocycles. The lowest BCUT2D eigenvalue weighted by atomic mass is 9.74. The fraction of sp³-hybridized carbons (Fsp3) is 0.435. The maximum absolute atomic E-state index is 5.65. The molecular weight excluding hydrogens is 461 g/mol. The second kappa shape index (κ2) is 10.8. The van der Waals surface area contributed by atoms with E-state index in [-0.39, 0.29) is 29.4 Å². The summed E-state index contributed by atoms with van der Waals surface area (Å²) in [7, 11) is 3.96. The number of rotatable bonds is 5. The highest BCUT2D eigenvalue weighted by atomic mass is 127. The maximum Gasteiger partial charge on any atom is 0.193 e. The van der Waals surface area contributed by atoms with Gasteiger partial charge in [0.2, 0.25) is 0 Å². The molecule has 1 heterocycles. The molecule has 5 heteroatoms. The molecule has 2 aromatic rings. The molecule has 0 spiro atoms. The Bertz CT molecular complexity index is 757. The van der Waals surface area contributed by atoms with E-state index < -0.39 is 0 Å². The second-order valence-electron chi connectivity index (χ2n) is 7.44. The van der Waals surface area contributed by atoms with Gasteiger partial charge in [-0.2, -0.15) is 0 Å². The van der Waals surface area contributed by atoms with Crippen LogP contribution in [0.5, 0.6) is 0 Å². The summed E-state index contributed by atoms with van der Waals surface area (Å²) >= 11 is 0. The number of guanidine groups is 1. The molecule has 28 heavy (non-hydrogen) atoms. The number of aryl methyl sites for hydroxylation is 1. The summed E-state index contributed by atoms with van der Waals surface area (Å²) in [5.41, 5.74) is 4.12. The molecule has 1 N–H and O–H groups in total. The first-order chi connectivity index (χ1) is 13.1. The van der Waals surface area contributed by atoms with Gasteiger partial charge in [-0.05, 0) is 36.5 Å². The first-order valence-corrected chi connectivity index (χ1v) is 9.74. The molecule has 0 atom stereocenters. The van der Waals surface area contributed by atoms with E-state index in [9.17, 15) is 0 Å². The lowest BCUT2D eigenvalue weighted by Gasteiger charge is -2.39. The van der Waals surface area contributed by atoms with Crippen molar-refractivity contribution in [3.05, 3.63) is 71.3 Å². The number of nitrogens with zero attached hydrogens (tertiary/aromatic N) is 2. The second-order valence-corrected chi connectivity index (χ2v) is 7.44. The van der Waals surface area contributed by atoms with Gasteiger partial charge in [0.25, 0.3) is 0 Å². The summed E-state index contributed by atoms with van der Waals surface area (Å²) in [6.07, 6.45) is 2.06. The summed E-state index contributed by atoms with van der Waals surface area (Å²) in [4.78, 5) is 6.72. The monoisotopic (exact) mass is 493 g/mol. The third-order valence-corrected chi connectivity index (χ3v) is 5.66. The van der Waals surface area contributed by atoms with Gasteiger partial charge in [0, 0.05) is 45.8 Å². The van der Waals surface area contributed by atoms with E-state index in [4.69, 9.17) is 4.74 Å². The highest BCUT2D eigenvalue weighted by Gasteiger charge is 2.34. The fourth-order valence-corrected chi connectivity index (χ4v) is 3.87. The zero-order chi connectivity index (χ0) is 19.1. The van der Waals surface area contributed by atoms with Gasteiger partial charge in [0.05, 0.1) is 0 Å². The van der Waals surface area contributed by atoms with Crippen molar-refractivity contribution in [3.63, 3.8) is 0 Å². The van der Waals surface area contributed by atoms with Crippen LogP contribution in [0.25, 0.3) is 0 Å². The minimum atomic E-state index is 0. The van der Waals surface area contributed by atoms with Crippen molar-refractivity contribution in [2.75, 3.05) is 33.9 Å². The SMILES string of the molecule is CN=C(NCC1(c2ccccc2)CCOCC1)N(C)Cc1ccccc1C.I. The number of halogens is 1. The first kappa shape index (κ1) is 22.7. The standard InChI is InChI=1S/C23H31N3O.HI/c1-19-9-7-8-10-20(19)17-26(3)22(24-2)25-18-23(13-15-27-16-14-23)21-11-5-4-6-12-21;/h4-12H,13-18H2,1-3H3,(H,24,25);1H. The van der Waals surface area contributed by atoms with Crippen LogP contribution in [0.15, 0.2) is 59.6 Å². The van der Waals surface area contributed by atoms with Crippen molar-refractivity contribution in [2.45, 2.75) is 31.7 Å². The van der Waals surface area contributed by atoms with Crippen molar-refractivity contribution in [1.82, 2.24) is 10.2 Å². The molecule has 152 valence electrons. The van der Waals surface area contributed by atoms with Crippen LogP contribution in [0.2, 0.25) is 0 Å². The van der Waals surface area contributed by atoms with E-state index in [1.165, 1.54) is 16.7 Å². The van der Waals surface area contributed by atoms with Gasteiger partial charge in [-0.15, -0.1) is 24.0 Å². The van der Waals surface area contributed by atoms with Crippen LogP contribution >= 0.6 is 24.0 Å². The minimum absolute atomic E-state index is 0. The molecule has 1 saturated heterocycles. The lowest BCUT2D eigenvalue weighted by Crippen LogP contribution is -2.48. The Morgan fingerprint density at radius 1 is 1.07 bits per heavy atom. The summed E-state index contributed by atoms with van der Waals surface area (Å²) < 4.78 is 5.65. The van der Waals surface area contributed by atoms with Gasteiger partial charge in [0.15, 0.2) is 5.96 Å². The van der Waals surface area contributed by atoms with E-state index in [1.54, 1.807) is 0 Å². The van der Waals surface area contributed by atoms with Gasteiger partial charge in [-0.3, -0.25) is 4.99 Å². The van der Waals surface area contributed by atoms with Crippen LogP contribution < -0.4 is 5.32 Å². The van der Waals surface area contributed by atoms with Crippen molar-refractivity contribution in [1.29, 1.82) is 0 Å². The van der Waals surface area contributed by atoms with Crippen molar-refractivity contribution < 1.29 is 4.74 Å². The topological polar surface area (TPSA) is 36.9 Å². The normalized spacial score (nSPS) is 16.2. The van der Waals surface area contributed by atoms with Crippen LogP contribution in [-0.2, 0) is 16.7 Å². The molecule has 1 aliphatic rings. The number of hydrogen-bond acceptors (Lipinski definition) is 2. The number of aliphatic imine (C=N–C) groups is 1. The average Bonchev–Trinajstić information content (AvgIpc) is 2.71. The maximum atomic E-state index is 5.65. The predicted molar refractivity (Wildman–Crippen MR) is 128 cm³/mol. The van der Waals surface area contributed by atoms with E-state index >= 15 is 0 Å². The summed E-state index contributed by atoms with van der Waals surface area (Å²) in [6.45, 7) is 5.49. The van der Waals surface area contributed by atoms with E-state index in [0.717, 1.165) is 45.1 Å². The molecular formula is C23H32IN3O. The fourth-order valence-electron chi connectivity index (χ4n) is 3.87. The lowest BCUT2D eigenvalue weighted by molar-refractivity contribution is 0.0512. The van der Waals surface area contributed by atoms with Crippen molar-refractivity contribution in [3.8, 4) is 0 Å². The van der Waals surface area contributed by atoms with Gasteiger partial charge in [0.1, 0.15) is 0 Å². The molecule has 1 fully saturated rings. The zero-order valence-corrected chi connectivity index (χ0v) is 19.5. The van der Waals surface area contributed by atoms with Crippen molar-refractivity contribution >= 4 is 29.9 Å². The summed E-state index contributed by atoms with van der Waals surface area (Å²) in [5.74, 6) is 0.931. The molecule has 1 aliphatic heterocycles. The van der Waals surface area contributed by atoms with Crippen LogP contribution in [0.3, 0.4) is 0 Å². The Balaban J connectivity index is 0.00000280. The molecule has 0 saturated carbocycles.